The molecule has 0 aliphatic rings. The zero-order chi connectivity index (χ0) is 21.8. The molecule has 158 valence electrons. The summed E-state index contributed by atoms with van der Waals surface area (Å²) >= 11 is 0. The molecule has 0 atom stereocenters. The molecule has 0 aliphatic carbocycles. The lowest BCUT2D eigenvalue weighted by atomic mass is 10.1. The van der Waals surface area contributed by atoms with Crippen molar-refractivity contribution in [3.63, 3.8) is 0 Å². The van der Waals surface area contributed by atoms with E-state index in [1.54, 1.807) is 10.9 Å². The van der Waals surface area contributed by atoms with Gasteiger partial charge in [-0.1, -0.05) is 18.2 Å². The van der Waals surface area contributed by atoms with Gasteiger partial charge in [0.05, 0.1) is 12.4 Å². The van der Waals surface area contributed by atoms with E-state index in [4.69, 9.17) is 5.11 Å². The lowest BCUT2D eigenvalue weighted by Gasteiger charge is -2.10. The van der Waals surface area contributed by atoms with Crippen LogP contribution >= 0.6 is 0 Å². The summed E-state index contributed by atoms with van der Waals surface area (Å²) in [6.45, 7) is -0.00835. The predicted octanol–water partition coefficient (Wildman–Crippen LogP) is 2.05. The maximum atomic E-state index is 14.2. The second-order valence-electron chi connectivity index (χ2n) is 6.65. The molecule has 4 aromatic rings. The number of nitrogens with zero attached hydrogens (tertiary/aromatic N) is 7. The first-order chi connectivity index (χ1) is 15.0. The minimum Gasteiger partial charge on any atom is -0.480 e. The van der Waals surface area contributed by atoms with Gasteiger partial charge in [-0.25, -0.2) is 9.37 Å². The minimum atomic E-state index is -1.06. The number of rotatable bonds is 8. The van der Waals surface area contributed by atoms with E-state index in [1.165, 1.54) is 10.9 Å². The zero-order valence-corrected chi connectivity index (χ0v) is 16.4. The largest absolute Gasteiger partial charge is 0.480 e. The van der Waals surface area contributed by atoms with Gasteiger partial charge >= 0.3 is 5.97 Å². The molecular formula is C19H18FN9O2. The highest BCUT2D eigenvalue weighted by atomic mass is 19.1. The van der Waals surface area contributed by atoms with Crippen LogP contribution < -0.4 is 10.6 Å². The molecule has 3 heterocycles. The average Bonchev–Trinajstić information content (AvgIpc) is 3.37. The Bertz CT molecular complexity index is 1220. The van der Waals surface area contributed by atoms with Crippen LogP contribution in [-0.2, 0) is 24.9 Å². The quantitative estimate of drug-likeness (QED) is 0.389. The van der Waals surface area contributed by atoms with Gasteiger partial charge in [0.2, 0.25) is 11.9 Å². The van der Waals surface area contributed by atoms with Crippen molar-refractivity contribution in [3.8, 4) is 11.1 Å². The first-order valence-corrected chi connectivity index (χ1v) is 9.19. The maximum Gasteiger partial charge on any atom is 0.323 e. The summed E-state index contributed by atoms with van der Waals surface area (Å²) in [6, 6.07) is 7.79. The molecule has 3 N–H and O–H groups in total. The number of carboxylic acids is 1. The zero-order valence-electron chi connectivity index (χ0n) is 16.4. The third-order valence-electron chi connectivity index (χ3n) is 4.31. The first kappa shape index (κ1) is 19.9. The molecule has 0 amide bonds. The summed E-state index contributed by atoms with van der Waals surface area (Å²) in [5, 5.41) is 26.2. The van der Waals surface area contributed by atoms with Crippen molar-refractivity contribution in [3.05, 3.63) is 60.6 Å². The third kappa shape index (κ3) is 4.80. The Balaban J connectivity index is 1.47. The Hall–Kier alpha value is -4.35. The molecule has 4 rings (SSSR count). The smallest absolute Gasteiger partial charge is 0.323 e. The van der Waals surface area contributed by atoms with Crippen molar-refractivity contribution >= 4 is 23.7 Å². The molecule has 12 heteroatoms. The second kappa shape index (κ2) is 8.57. The molecule has 0 saturated carbocycles. The lowest BCUT2D eigenvalue weighted by Crippen LogP contribution is -2.12. The minimum absolute atomic E-state index is 0.00594. The first-order valence-electron chi connectivity index (χ1n) is 9.19. The molecule has 0 unspecified atom stereocenters. The molecule has 3 aromatic heterocycles. The SMILES string of the molecule is Cn1cc(-c2cccc(CNc3nc(Nc4nncn4CC(=O)O)ncc3F)c2)cn1. The fourth-order valence-electron chi connectivity index (χ4n) is 2.88. The number of hydrogen-bond donors (Lipinski definition) is 3. The summed E-state index contributed by atoms with van der Waals surface area (Å²) in [5.41, 5.74) is 2.90. The van der Waals surface area contributed by atoms with E-state index in [0.717, 1.165) is 22.9 Å². The molecule has 0 aliphatic heterocycles. The standard InChI is InChI=1S/C19H18FN9O2/c1-28-9-14(7-24-28)13-4-2-3-12(5-13)6-21-17-15(20)8-22-18(25-17)26-19-27-23-11-29(19)10-16(30)31/h2-5,7-9,11H,6,10H2,1H3,(H,30,31)(H2,21,22,25,26,27). The molecular weight excluding hydrogens is 405 g/mol. The number of aryl methyl sites for hydroxylation is 1. The van der Waals surface area contributed by atoms with Crippen LogP contribution in [-0.4, -0.2) is 45.6 Å². The van der Waals surface area contributed by atoms with E-state index >= 15 is 0 Å². The lowest BCUT2D eigenvalue weighted by molar-refractivity contribution is -0.137. The number of carbonyl (C=O) groups is 1. The van der Waals surface area contributed by atoms with Crippen LogP contribution in [0.1, 0.15) is 5.56 Å². The molecule has 0 radical (unpaired) electrons. The number of benzene rings is 1. The summed E-state index contributed by atoms with van der Waals surface area (Å²) in [6.07, 6.45) is 5.96. The van der Waals surface area contributed by atoms with Crippen LogP contribution in [0, 0.1) is 5.82 Å². The molecule has 0 fully saturated rings. The molecule has 0 spiro atoms. The Morgan fingerprint density at radius 1 is 1.26 bits per heavy atom. The Labute approximate surface area is 175 Å². The molecule has 11 nitrogen and oxygen atoms in total. The number of nitrogens with one attached hydrogen (secondary N) is 2. The van der Waals surface area contributed by atoms with E-state index in [1.807, 2.05) is 37.5 Å². The van der Waals surface area contributed by atoms with E-state index in [2.05, 4.69) is 35.9 Å². The van der Waals surface area contributed by atoms with Gasteiger partial charge in [-0.3, -0.25) is 19.4 Å². The van der Waals surface area contributed by atoms with Gasteiger partial charge in [-0.15, -0.1) is 10.2 Å². The summed E-state index contributed by atoms with van der Waals surface area (Å²) in [4.78, 5) is 18.9. The van der Waals surface area contributed by atoms with Crippen LogP contribution in [0.2, 0.25) is 0 Å². The van der Waals surface area contributed by atoms with Gasteiger partial charge in [-0.2, -0.15) is 10.1 Å². The van der Waals surface area contributed by atoms with Crippen molar-refractivity contribution in [1.29, 1.82) is 0 Å². The highest BCUT2D eigenvalue weighted by molar-refractivity contribution is 5.67. The highest BCUT2D eigenvalue weighted by Crippen LogP contribution is 2.21. The van der Waals surface area contributed by atoms with E-state index in [-0.39, 0.29) is 24.3 Å². The Morgan fingerprint density at radius 2 is 2.13 bits per heavy atom. The number of aromatic nitrogens is 7. The van der Waals surface area contributed by atoms with Crippen LogP contribution in [0.4, 0.5) is 22.1 Å². The van der Waals surface area contributed by atoms with E-state index < -0.39 is 11.8 Å². The van der Waals surface area contributed by atoms with Crippen LogP contribution in [0.5, 0.6) is 0 Å². The third-order valence-corrected chi connectivity index (χ3v) is 4.31. The van der Waals surface area contributed by atoms with Crippen molar-refractivity contribution in [1.82, 2.24) is 34.5 Å². The average molecular weight is 423 g/mol. The maximum absolute atomic E-state index is 14.2. The Morgan fingerprint density at radius 3 is 2.90 bits per heavy atom. The van der Waals surface area contributed by atoms with E-state index in [9.17, 15) is 9.18 Å². The van der Waals surface area contributed by atoms with Gasteiger partial charge in [0, 0.05) is 25.4 Å². The molecule has 0 bridgehead atoms. The van der Waals surface area contributed by atoms with Crippen LogP contribution in [0.25, 0.3) is 11.1 Å². The fraction of sp³-hybridized carbons (Fsp3) is 0.158. The number of hydrogen-bond acceptors (Lipinski definition) is 8. The summed E-state index contributed by atoms with van der Waals surface area (Å²) in [7, 11) is 1.85. The molecule has 31 heavy (non-hydrogen) atoms. The second-order valence-corrected chi connectivity index (χ2v) is 6.65. The van der Waals surface area contributed by atoms with Crippen LogP contribution in [0.3, 0.4) is 0 Å². The van der Waals surface area contributed by atoms with Gasteiger partial charge in [-0.05, 0) is 17.2 Å². The normalized spacial score (nSPS) is 10.8. The number of anilines is 3. The van der Waals surface area contributed by atoms with Crippen molar-refractivity contribution in [2.24, 2.45) is 7.05 Å². The van der Waals surface area contributed by atoms with Gasteiger partial charge in [0.25, 0.3) is 0 Å². The predicted molar refractivity (Wildman–Crippen MR) is 109 cm³/mol. The van der Waals surface area contributed by atoms with Crippen molar-refractivity contribution in [2.45, 2.75) is 13.1 Å². The summed E-state index contributed by atoms with van der Waals surface area (Å²) < 4.78 is 17.2. The molecule has 0 saturated heterocycles. The highest BCUT2D eigenvalue weighted by Gasteiger charge is 2.12. The number of aliphatic carboxylic acids is 1. The van der Waals surface area contributed by atoms with Crippen molar-refractivity contribution in [2.75, 3.05) is 10.6 Å². The fourth-order valence-corrected chi connectivity index (χ4v) is 2.88. The van der Waals surface area contributed by atoms with Gasteiger partial charge < -0.3 is 10.4 Å². The number of halogens is 1. The van der Waals surface area contributed by atoms with E-state index in [0.29, 0.717) is 6.54 Å². The van der Waals surface area contributed by atoms with Crippen molar-refractivity contribution < 1.29 is 14.3 Å². The van der Waals surface area contributed by atoms with Gasteiger partial charge in [0.15, 0.2) is 11.6 Å². The Kier molecular flexibility index (Phi) is 5.51. The van der Waals surface area contributed by atoms with Crippen LogP contribution in [0.15, 0.2) is 49.2 Å². The summed E-state index contributed by atoms with van der Waals surface area (Å²) in [5.74, 6) is -1.51. The monoisotopic (exact) mass is 423 g/mol. The molecule has 1 aromatic carbocycles. The number of carboxylic acid groups (broad SMARTS) is 1. The van der Waals surface area contributed by atoms with Gasteiger partial charge in [0.1, 0.15) is 12.9 Å². The topological polar surface area (TPSA) is 136 Å².